The highest BCUT2D eigenvalue weighted by Gasteiger charge is 2.09. The van der Waals surface area contributed by atoms with Crippen molar-refractivity contribution in [3.63, 3.8) is 0 Å². The van der Waals surface area contributed by atoms with Crippen molar-refractivity contribution in [3.8, 4) is 0 Å². The quantitative estimate of drug-likeness (QED) is 0.390. The highest BCUT2D eigenvalue weighted by Crippen LogP contribution is 2.26. The molecule has 1 heterocycles. The first kappa shape index (κ1) is 13.6. The Bertz CT molecular complexity index is 674. The van der Waals surface area contributed by atoms with E-state index >= 15 is 0 Å². The summed E-state index contributed by atoms with van der Waals surface area (Å²) in [5, 5.41) is 14.0. The maximum Gasteiger partial charge on any atom is 0.332 e. The lowest BCUT2D eigenvalue weighted by Crippen LogP contribution is -2.00. The van der Waals surface area contributed by atoms with Crippen molar-refractivity contribution < 1.29 is 18.9 Å². The van der Waals surface area contributed by atoms with Crippen molar-refractivity contribution >= 4 is 28.5 Å². The largest absolute Gasteiger partial charge is 0.463 e. The molecule has 20 heavy (non-hydrogen) atoms. The van der Waals surface area contributed by atoms with Gasteiger partial charge in [0.15, 0.2) is 5.88 Å². The molecule has 0 saturated carbocycles. The van der Waals surface area contributed by atoms with Crippen LogP contribution >= 0.6 is 0 Å². The fourth-order valence-corrected chi connectivity index (χ4v) is 1.60. The van der Waals surface area contributed by atoms with Gasteiger partial charge in [-0.1, -0.05) is 0 Å². The first-order chi connectivity index (χ1) is 9.60. The summed E-state index contributed by atoms with van der Waals surface area (Å²) in [6.45, 7) is 2.02. The summed E-state index contributed by atoms with van der Waals surface area (Å²) in [4.78, 5) is 21.3. The number of nitro groups is 1. The number of nitrogens with one attached hydrogen (secondary N) is 1. The normalized spacial score (nSPS) is 10.8. The predicted octanol–water partition coefficient (Wildman–Crippen LogP) is 2.83. The number of furan rings is 1. The van der Waals surface area contributed by atoms with Crippen LogP contribution in [0.4, 0.5) is 11.6 Å². The van der Waals surface area contributed by atoms with E-state index in [0.29, 0.717) is 23.5 Å². The molecule has 1 aromatic heterocycles. The molecule has 2 aromatic rings. The van der Waals surface area contributed by atoms with Crippen molar-refractivity contribution in [1.82, 2.24) is 0 Å². The van der Waals surface area contributed by atoms with Gasteiger partial charge in [-0.05, 0) is 13.0 Å². The number of nitro benzene ring substituents is 1. The van der Waals surface area contributed by atoms with Crippen LogP contribution in [0, 0.1) is 10.1 Å². The van der Waals surface area contributed by atoms with E-state index in [9.17, 15) is 14.9 Å². The second kappa shape index (κ2) is 5.87. The molecule has 0 aliphatic carbocycles. The molecule has 7 nitrogen and oxygen atoms in total. The standard InChI is InChI=1S/C13H12N2O5/c1-2-19-13(16)5-6-14-12-8-9-7-10(15(17)18)3-4-11(9)20-12/h3-8,14H,2H2,1H3/b6-5+. The predicted molar refractivity (Wildman–Crippen MR) is 72.3 cm³/mol. The van der Waals surface area contributed by atoms with Crippen LogP contribution in [0.15, 0.2) is 41.0 Å². The molecule has 2 rings (SSSR count). The number of fused-ring (bicyclic) bond motifs is 1. The lowest BCUT2D eigenvalue weighted by Gasteiger charge is -1.95. The summed E-state index contributed by atoms with van der Waals surface area (Å²) in [5.41, 5.74) is 0.509. The fraction of sp³-hybridized carbons (Fsp3) is 0.154. The van der Waals surface area contributed by atoms with Crippen LogP contribution < -0.4 is 5.32 Å². The van der Waals surface area contributed by atoms with Gasteiger partial charge in [0.05, 0.1) is 11.5 Å². The van der Waals surface area contributed by atoms with Gasteiger partial charge < -0.3 is 14.5 Å². The highest BCUT2D eigenvalue weighted by atomic mass is 16.6. The summed E-state index contributed by atoms with van der Waals surface area (Å²) < 4.78 is 10.1. The van der Waals surface area contributed by atoms with Gasteiger partial charge >= 0.3 is 5.97 Å². The average molecular weight is 276 g/mol. The second-order valence-electron chi connectivity index (χ2n) is 3.82. The number of esters is 1. The van der Waals surface area contributed by atoms with Gasteiger partial charge in [0.1, 0.15) is 5.58 Å². The van der Waals surface area contributed by atoms with Crippen molar-refractivity contribution in [2.45, 2.75) is 6.92 Å². The van der Waals surface area contributed by atoms with Gasteiger partial charge in [-0.25, -0.2) is 4.79 Å². The van der Waals surface area contributed by atoms with E-state index in [4.69, 9.17) is 9.15 Å². The molecule has 0 saturated heterocycles. The first-order valence-electron chi connectivity index (χ1n) is 5.88. The summed E-state index contributed by atoms with van der Waals surface area (Å²) in [7, 11) is 0. The van der Waals surface area contributed by atoms with Crippen molar-refractivity contribution in [1.29, 1.82) is 0 Å². The number of ether oxygens (including phenoxy) is 1. The summed E-state index contributed by atoms with van der Waals surface area (Å²) in [5.74, 6) is -0.0900. The number of carbonyl (C=O) groups is 1. The van der Waals surface area contributed by atoms with Crippen LogP contribution in [0.5, 0.6) is 0 Å². The van der Waals surface area contributed by atoms with Crippen molar-refractivity contribution in [2.75, 3.05) is 11.9 Å². The van der Waals surface area contributed by atoms with E-state index in [2.05, 4.69) is 5.32 Å². The molecule has 0 bridgehead atoms. The molecule has 0 amide bonds. The van der Waals surface area contributed by atoms with Gasteiger partial charge in [-0.2, -0.15) is 0 Å². The Morgan fingerprint density at radius 3 is 3.00 bits per heavy atom. The Labute approximate surface area is 114 Å². The van der Waals surface area contributed by atoms with Gasteiger partial charge in [-0.3, -0.25) is 10.1 Å². The number of hydrogen-bond acceptors (Lipinski definition) is 6. The minimum atomic E-state index is -0.472. The summed E-state index contributed by atoms with van der Waals surface area (Å²) in [6, 6.07) is 5.91. The van der Waals surface area contributed by atoms with E-state index in [0.717, 1.165) is 0 Å². The molecule has 0 radical (unpaired) electrons. The number of nitrogens with zero attached hydrogens (tertiary/aromatic N) is 1. The monoisotopic (exact) mass is 276 g/mol. The SMILES string of the molecule is CCOC(=O)/C=C/Nc1cc2cc([N+](=O)[O-])ccc2o1. The third-order valence-electron chi connectivity index (χ3n) is 2.44. The van der Waals surface area contributed by atoms with Crippen molar-refractivity contribution in [3.05, 3.63) is 46.7 Å². The lowest BCUT2D eigenvalue weighted by molar-refractivity contribution is -0.384. The molecule has 7 heteroatoms. The molecule has 1 aromatic carbocycles. The molecular formula is C13H12N2O5. The van der Waals surface area contributed by atoms with E-state index in [1.54, 1.807) is 13.0 Å². The van der Waals surface area contributed by atoms with Crippen molar-refractivity contribution in [2.24, 2.45) is 0 Å². The highest BCUT2D eigenvalue weighted by molar-refractivity contribution is 5.84. The van der Waals surface area contributed by atoms with Crippen LogP contribution in [0.25, 0.3) is 11.0 Å². The van der Waals surface area contributed by atoms with E-state index in [-0.39, 0.29) is 5.69 Å². The third kappa shape index (κ3) is 3.14. The maximum atomic E-state index is 11.1. The Kier molecular flexibility index (Phi) is 3.99. The molecular weight excluding hydrogens is 264 g/mol. The van der Waals surface area contributed by atoms with Gasteiger partial charge in [0.25, 0.3) is 5.69 Å². The Morgan fingerprint density at radius 1 is 1.50 bits per heavy atom. The number of anilines is 1. The number of hydrogen-bond donors (Lipinski definition) is 1. The minimum Gasteiger partial charge on any atom is -0.463 e. The van der Waals surface area contributed by atoms with Gasteiger partial charge in [-0.15, -0.1) is 0 Å². The molecule has 1 N–H and O–H groups in total. The first-order valence-corrected chi connectivity index (χ1v) is 5.88. The zero-order valence-corrected chi connectivity index (χ0v) is 10.7. The van der Waals surface area contributed by atoms with E-state index in [1.807, 2.05) is 0 Å². The van der Waals surface area contributed by atoms with Crippen LogP contribution in [0.3, 0.4) is 0 Å². The molecule has 104 valence electrons. The fourth-order valence-electron chi connectivity index (χ4n) is 1.60. The zero-order valence-electron chi connectivity index (χ0n) is 10.7. The van der Waals surface area contributed by atoms with E-state index in [1.165, 1.54) is 30.5 Å². The lowest BCUT2D eigenvalue weighted by atomic mass is 10.2. The third-order valence-corrected chi connectivity index (χ3v) is 2.44. The Balaban J connectivity index is 2.12. The van der Waals surface area contributed by atoms with Crippen LogP contribution in [0.1, 0.15) is 6.92 Å². The Hall–Kier alpha value is -2.83. The molecule has 0 atom stereocenters. The molecule has 0 aliphatic rings. The molecule has 0 aliphatic heterocycles. The van der Waals surface area contributed by atoms with E-state index < -0.39 is 10.9 Å². The maximum absolute atomic E-state index is 11.1. The topological polar surface area (TPSA) is 94.6 Å². The minimum absolute atomic E-state index is 0.00749. The summed E-state index contributed by atoms with van der Waals surface area (Å²) in [6.07, 6.45) is 2.60. The Morgan fingerprint density at radius 2 is 2.30 bits per heavy atom. The second-order valence-corrected chi connectivity index (χ2v) is 3.82. The number of rotatable bonds is 5. The molecule has 0 fully saturated rings. The zero-order chi connectivity index (χ0) is 14.5. The average Bonchev–Trinajstić information content (AvgIpc) is 2.80. The van der Waals surface area contributed by atoms with Crippen LogP contribution in [-0.2, 0) is 9.53 Å². The number of non-ortho nitro benzene ring substituents is 1. The molecule has 0 spiro atoms. The van der Waals surface area contributed by atoms with Crippen LogP contribution in [0.2, 0.25) is 0 Å². The summed E-state index contributed by atoms with van der Waals surface area (Å²) >= 11 is 0. The van der Waals surface area contributed by atoms with Crippen LogP contribution in [-0.4, -0.2) is 17.5 Å². The van der Waals surface area contributed by atoms with Gasteiger partial charge in [0.2, 0.25) is 0 Å². The number of carbonyl (C=O) groups excluding carboxylic acids is 1. The van der Waals surface area contributed by atoms with Gasteiger partial charge in [0, 0.05) is 35.9 Å². The smallest absolute Gasteiger partial charge is 0.332 e. The number of benzene rings is 1. The molecule has 0 unspecified atom stereocenters.